The molecule has 1 aromatic carbocycles. The average molecular weight is 518 g/mol. The van der Waals surface area contributed by atoms with E-state index in [2.05, 4.69) is 5.32 Å². The highest BCUT2D eigenvalue weighted by Gasteiger charge is 2.33. The Labute approximate surface area is 212 Å². The molecule has 0 aliphatic carbocycles. The molecule has 11 heteroatoms. The zero-order valence-corrected chi connectivity index (χ0v) is 20.6. The molecular formula is C25H28FN3O6S. The van der Waals surface area contributed by atoms with Crippen molar-refractivity contribution in [3.05, 3.63) is 52.5 Å². The molecule has 0 spiro atoms. The maximum Gasteiger partial charge on any atom is 0.330 e. The summed E-state index contributed by atoms with van der Waals surface area (Å²) in [4.78, 5) is 39.8. The van der Waals surface area contributed by atoms with Gasteiger partial charge >= 0.3 is 5.97 Å². The second-order valence-electron chi connectivity index (χ2n) is 8.64. The van der Waals surface area contributed by atoms with Crippen LogP contribution in [0, 0.1) is 5.82 Å². The zero-order chi connectivity index (χ0) is 25.7. The number of rotatable bonds is 1. The van der Waals surface area contributed by atoms with E-state index in [0.29, 0.717) is 34.7 Å². The first-order chi connectivity index (χ1) is 17.3. The number of nitrogens with one attached hydrogen (secondary N) is 1. The van der Waals surface area contributed by atoms with Crippen LogP contribution in [0.3, 0.4) is 0 Å². The summed E-state index contributed by atoms with van der Waals surface area (Å²) in [5, 5.41) is 4.34. The second kappa shape index (κ2) is 11.6. The number of nitrogens with zero attached hydrogens (tertiary/aromatic N) is 1. The number of benzene rings is 1. The van der Waals surface area contributed by atoms with Gasteiger partial charge in [0.05, 0.1) is 31.2 Å². The van der Waals surface area contributed by atoms with Crippen LogP contribution in [-0.4, -0.2) is 74.3 Å². The molecule has 3 N–H and O–H groups in total. The summed E-state index contributed by atoms with van der Waals surface area (Å²) in [6.45, 7) is 0.639. The lowest BCUT2D eigenvalue weighted by Gasteiger charge is -2.24. The van der Waals surface area contributed by atoms with E-state index in [4.69, 9.17) is 19.9 Å². The number of hydrogen-bond donors (Lipinski definition) is 2. The molecule has 3 atom stereocenters. The van der Waals surface area contributed by atoms with Crippen LogP contribution in [0.1, 0.15) is 22.5 Å². The van der Waals surface area contributed by atoms with Crippen LogP contribution in [0.25, 0.3) is 11.1 Å². The number of halogens is 1. The van der Waals surface area contributed by atoms with Gasteiger partial charge in [-0.25, -0.2) is 9.18 Å². The number of ether oxygens (including phenoxy) is 3. The predicted octanol–water partition coefficient (Wildman–Crippen LogP) is 2.11. The number of nitrogens with two attached hydrogens (primary N) is 1. The van der Waals surface area contributed by atoms with E-state index in [1.54, 1.807) is 34.6 Å². The highest BCUT2D eigenvalue weighted by molar-refractivity contribution is 7.12. The molecule has 2 aromatic rings. The van der Waals surface area contributed by atoms with Crippen molar-refractivity contribution in [2.75, 3.05) is 33.5 Å². The molecule has 2 amide bonds. The number of hydrogen-bond acceptors (Lipinski definition) is 8. The van der Waals surface area contributed by atoms with Crippen molar-refractivity contribution < 1.29 is 33.0 Å². The molecule has 4 bridgehead atoms. The Hall–Kier alpha value is -3.28. The summed E-state index contributed by atoms with van der Waals surface area (Å²) in [7, 11) is 1.22. The molecule has 2 aliphatic heterocycles. The maximum absolute atomic E-state index is 14.4. The van der Waals surface area contributed by atoms with Gasteiger partial charge in [0.15, 0.2) is 6.04 Å². The fourth-order valence-electron chi connectivity index (χ4n) is 4.19. The van der Waals surface area contributed by atoms with Crippen LogP contribution in [-0.2, 0) is 19.1 Å². The van der Waals surface area contributed by atoms with Crippen LogP contribution >= 0.6 is 11.3 Å². The van der Waals surface area contributed by atoms with Gasteiger partial charge in [-0.1, -0.05) is 12.2 Å². The van der Waals surface area contributed by atoms with E-state index < -0.39 is 23.7 Å². The number of carbonyl (C=O) groups is 3. The lowest BCUT2D eigenvalue weighted by molar-refractivity contribution is -0.144. The van der Waals surface area contributed by atoms with Crippen molar-refractivity contribution in [2.45, 2.75) is 31.0 Å². The van der Waals surface area contributed by atoms with Crippen LogP contribution in [0.5, 0.6) is 5.75 Å². The summed E-state index contributed by atoms with van der Waals surface area (Å²) in [6.07, 6.45) is 4.08. The minimum atomic E-state index is -1.02. The number of methoxy groups -OCH3 is 1. The van der Waals surface area contributed by atoms with E-state index >= 15 is 0 Å². The minimum absolute atomic E-state index is 0.104. The van der Waals surface area contributed by atoms with E-state index in [0.717, 1.165) is 11.3 Å². The molecule has 2 aliphatic rings. The third kappa shape index (κ3) is 6.28. The normalized spacial score (nSPS) is 24.3. The zero-order valence-electron chi connectivity index (χ0n) is 19.8. The standard InChI is InChI=1S/C25H28FN3O6S/c1-33-25(32)21-13-34-5-3-2-4-23(30)29-11-18(27)10-19(29)12-35-20-7-15(6-17(26)9-20)16-8-22(36-14-16)24(31)28-21/h2-3,6-9,14,18-19,21H,4-5,10-13,27H2,1H3,(H,28,31)/b3-2-/t18-,19-,21-/m0/s1. The van der Waals surface area contributed by atoms with Crippen molar-refractivity contribution >= 4 is 29.1 Å². The molecule has 9 nitrogen and oxygen atoms in total. The number of amides is 2. The number of esters is 1. The number of fused-ring (bicyclic) bond motifs is 6. The van der Waals surface area contributed by atoms with Crippen molar-refractivity contribution in [1.82, 2.24) is 10.2 Å². The molecule has 4 rings (SSSR count). The Morgan fingerprint density at radius 1 is 1.19 bits per heavy atom. The number of thiophene rings is 1. The Kier molecular flexibility index (Phi) is 8.34. The van der Waals surface area contributed by atoms with Crippen molar-refractivity contribution in [2.24, 2.45) is 5.73 Å². The molecular weight excluding hydrogens is 489 g/mol. The Bertz CT molecular complexity index is 1150. The largest absolute Gasteiger partial charge is 0.491 e. The first kappa shape index (κ1) is 25.8. The van der Waals surface area contributed by atoms with Crippen molar-refractivity contribution in [3.8, 4) is 16.9 Å². The van der Waals surface area contributed by atoms with Crippen LogP contribution in [0.2, 0.25) is 0 Å². The first-order valence-electron chi connectivity index (χ1n) is 11.5. The second-order valence-corrected chi connectivity index (χ2v) is 9.56. The average Bonchev–Trinajstić information content (AvgIpc) is 3.49. The third-order valence-electron chi connectivity index (χ3n) is 5.99. The smallest absolute Gasteiger partial charge is 0.330 e. The van der Waals surface area contributed by atoms with Gasteiger partial charge in [-0.15, -0.1) is 11.3 Å². The van der Waals surface area contributed by atoms with Gasteiger partial charge in [0.25, 0.3) is 5.91 Å². The highest BCUT2D eigenvalue weighted by Crippen LogP contribution is 2.30. The molecule has 0 unspecified atom stereocenters. The van der Waals surface area contributed by atoms with E-state index in [1.165, 1.54) is 19.2 Å². The van der Waals surface area contributed by atoms with Gasteiger partial charge < -0.3 is 30.2 Å². The van der Waals surface area contributed by atoms with Gasteiger partial charge in [-0.2, -0.15) is 0 Å². The Morgan fingerprint density at radius 2 is 2.03 bits per heavy atom. The van der Waals surface area contributed by atoms with Gasteiger partial charge in [0.1, 0.15) is 18.2 Å². The predicted molar refractivity (Wildman–Crippen MR) is 131 cm³/mol. The SMILES string of the molecule is COC(=O)[C@@H]1COC/C=C\CC(=O)N2C[C@@H](N)C[C@H]2COc2cc(F)cc(c2)-c2csc(c2)C(=O)N1. The summed E-state index contributed by atoms with van der Waals surface area (Å²) in [5.74, 6) is -1.41. The lowest BCUT2D eigenvalue weighted by atomic mass is 10.1. The van der Waals surface area contributed by atoms with Crippen LogP contribution < -0.4 is 15.8 Å². The van der Waals surface area contributed by atoms with E-state index in [9.17, 15) is 18.8 Å². The summed E-state index contributed by atoms with van der Waals surface area (Å²) >= 11 is 1.16. The van der Waals surface area contributed by atoms with Gasteiger partial charge in [-0.3, -0.25) is 9.59 Å². The Balaban J connectivity index is 1.62. The lowest BCUT2D eigenvalue weighted by Crippen LogP contribution is -2.44. The first-order valence-corrected chi connectivity index (χ1v) is 12.4. The Morgan fingerprint density at radius 3 is 2.83 bits per heavy atom. The fourth-order valence-corrected chi connectivity index (χ4v) is 5.01. The molecule has 1 fully saturated rings. The van der Waals surface area contributed by atoms with Crippen LogP contribution in [0.4, 0.5) is 4.39 Å². The summed E-state index contributed by atoms with van der Waals surface area (Å²) < 4.78 is 30.6. The molecule has 0 saturated carbocycles. The third-order valence-corrected chi connectivity index (χ3v) is 6.92. The summed E-state index contributed by atoms with van der Waals surface area (Å²) in [6, 6.07) is 4.51. The topological polar surface area (TPSA) is 120 Å². The summed E-state index contributed by atoms with van der Waals surface area (Å²) in [5.41, 5.74) is 7.26. The van der Waals surface area contributed by atoms with Gasteiger partial charge in [-0.05, 0) is 41.1 Å². The fraction of sp³-hybridized carbons (Fsp3) is 0.400. The molecule has 36 heavy (non-hydrogen) atoms. The molecule has 1 saturated heterocycles. The van der Waals surface area contributed by atoms with E-state index in [1.807, 2.05) is 0 Å². The van der Waals surface area contributed by atoms with Crippen molar-refractivity contribution in [3.63, 3.8) is 0 Å². The quantitative estimate of drug-likeness (QED) is 0.439. The molecule has 1 aromatic heterocycles. The minimum Gasteiger partial charge on any atom is -0.491 e. The molecule has 3 heterocycles. The van der Waals surface area contributed by atoms with E-state index in [-0.39, 0.29) is 44.2 Å². The number of carbonyl (C=O) groups excluding carboxylic acids is 3. The molecule has 0 radical (unpaired) electrons. The highest BCUT2D eigenvalue weighted by atomic mass is 32.1. The monoisotopic (exact) mass is 517 g/mol. The molecule has 192 valence electrons. The van der Waals surface area contributed by atoms with Gasteiger partial charge in [0.2, 0.25) is 5.91 Å². The van der Waals surface area contributed by atoms with Crippen LogP contribution in [0.15, 0.2) is 41.8 Å². The van der Waals surface area contributed by atoms with Crippen molar-refractivity contribution in [1.29, 1.82) is 0 Å². The van der Waals surface area contributed by atoms with Gasteiger partial charge in [0, 0.05) is 25.1 Å². The maximum atomic E-state index is 14.4.